The highest BCUT2D eigenvalue weighted by Gasteiger charge is 2.25. The van der Waals surface area contributed by atoms with Crippen LogP contribution in [0.3, 0.4) is 0 Å². The highest BCUT2D eigenvalue weighted by Crippen LogP contribution is 2.26. The average molecular weight is 268 g/mol. The van der Waals surface area contributed by atoms with Gasteiger partial charge in [-0.1, -0.05) is 0 Å². The number of aromatic nitrogens is 4. The molecular weight excluding hydrogens is 252 g/mol. The number of hydrogen-bond donors (Lipinski definition) is 1. The van der Waals surface area contributed by atoms with Crippen LogP contribution in [0.15, 0.2) is 6.33 Å². The molecule has 0 radical (unpaired) electrons. The number of nitrogens with one attached hydrogen (secondary N) is 1. The number of hydrogen-bond acceptors (Lipinski definition) is 5. The van der Waals surface area contributed by atoms with Gasteiger partial charge in [0.15, 0.2) is 10.4 Å². The number of fused-ring (bicyclic) bond motifs is 1. The van der Waals surface area contributed by atoms with Crippen molar-refractivity contribution in [3.05, 3.63) is 11.1 Å². The lowest BCUT2D eigenvalue weighted by atomic mass is 10.1. The van der Waals surface area contributed by atoms with Gasteiger partial charge in [0, 0.05) is 7.11 Å². The molecule has 0 aliphatic carbocycles. The Morgan fingerprint density at radius 2 is 2.11 bits per heavy atom. The van der Waals surface area contributed by atoms with Gasteiger partial charge in [-0.05, 0) is 26.1 Å². The van der Waals surface area contributed by atoms with Crippen LogP contribution in [0.2, 0.25) is 0 Å². The molecule has 2 aromatic heterocycles. The molecule has 0 aliphatic rings. The quantitative estimate of drug-likeness (QED) is 0.858. The molecule has 98 valence electrons. The fraction of sp³-hybridized carbons (Fsp3) is 0.545. The summed E-state index contributed by atoms with van der Waals surface area (Å²) in [4.78, 5) is 11.4. The number of H-pyrrole nitrogens is 1. The lowest BCUT2D eigenvalue weighted by Crippen LogP contribution is -2.31. The van der Waals surface area contributed by atoms with Crippen LogP contribution in [0.25, 0.3) is 11.2 Å². The molecule has 0 bridgehead atoms. The molecular formula is C11H16N4O2S. The minimum atomic E-state index is -0.302. The molecule has 0 fully saturated rings. The van der Waals surface area contributed by atoms with Crippen molar-refractivity contribution in [3.8, 4) is 5.88 Å². The van der Waals surface area contributed by atoms with E-state index in [4.69, 9.17) is 21.7 Å². The summed E-state index contributed by atoms with van der Waals surface area (Å²) < 4.78 is 12.9. The maximum atomic E-state index is 5.35. The zero-order chi connectivity index (χ0) is 13.3. The Morgan fingerprint density at radius 1 is 1.39 bits per heavy atom. The molecule has 0 saturated carbocycles. The van der Waals surface area contributed by atoms with Crippen molar-refractivity contribution in [2.75, 3.05) is 20.8 Å². The van der Waals surface area contributed by atoms with E-state index >= 15 is 0 Å². The molecule has 2 heterocycles. The van der Waals surface area contributed by atoms with Crippen molar-refractivity contribution < 1.29 is 9.47 Å². The second kappa shape index (κ2) is 4.66. The Kier molecular flexibility index (Phi) is 3.36. The molecule has 7 heteroatoms. The second-order valence-corrected chi connectivity index (χ2v) is 4.98. The summed E-state index contributed by atoms with van der Waals surface area (Å²) in [6.45, 7) is 4.60. The Labute approximate surface area is 110 Å². The summed E-state index contributed by atoms with van der Waals surface area (Å²) in [5, 5.41) is 0. The minimum absolute atomic E-state index is 0.302. The highest BCUT2D eigenvalue weighted by molar-refractivity contribution is 7.71. The van der Waals surface area contributed by atoms with E-state index in [1.54, 1.807) is 14.2 Å². The van der Waals surface area contributed by atoms with Crippen LogP contribution < -0.4 is 4.74 Å². The number of rotatable bonds is 4. The van der Waals surface area contributed by atoms with Crippen molar-refractivity contribution in [2.24, 2.45) is 0 Å². The summed E-state index contributed by atoms with van der Waals surface area (Å²) in [5.74, 6) is 0.484. The van der Waals surface area contributed by atoms with E-state index in [1.165, 1.54) is 6.33 Å². The number of aromatic amines is 1. The summed E-state index contributed by atoms with van der Waals surface area (Å²) in [6, 6.07) is 0. The molecule has 0 amide bonds. The average Bonchev–Trinajstić information content (AvgIpc) is 2.65. The third kappa shape index (κ3) is 1.99. The van der Waals surface area contributed by atoms with Crippen molar-refractivity contribution >= 4 is 23.4 Å². The number of methoxy groups -OCH3 is 2. The van der Waals surface area contributed by atoms with Gasteiger partial charge in [-0.25, -0.2) is 4.98 Å². The molecule has 0 saturated heterocycles. The standard InChI is InChI=1S/C11H16N4O2S/c1-11(2,5-16-3)15-8-7(14-10(15)18)9(17-4)13-6-12-8/h6H,5H2,1-4H3,(H,14,18). The van der Waals surface area contributed by atoms with Crippen LogP contribution in [0.4, 0.5) is 0 Å². The third-order valence-electron chi connectivity index (χ3n) is 2.74. The van der Waals surface area contributed by atoms with Gasteiger partial charge in [0.05, 0.1) is 19.3 Å². The first-order valence-electron chi connectivity index (χ1n) is 5.50. The Hall–Kier alpha value is -1.47. The lowest BCUT2D eigenvalue weighted by Gasteiger charge is -2.25. The van der Waals surface area contributed by atoms with Gasteiger partial charge in [0.2, 0.25) is 5.88 Å². The summed E-state index contributed by atoms with van der Waals surface area (Å²) in [7, 11) is 3.23. The number of nitrogens with zero attached hydrogens (tertiary/aromatic N) is 3. The number of imidazole rings is 1. The predicted octanol–water partition coefficient (Wildman–Crippen LogP) is 1.88. The van der Waals surface area contributed by atoms with E-state index in [1.807, 2.05) is 18.4 Å². The Bertz CT molecular complexity index is 617. The summed E-state index contributed by atoms with van der Waals surface area (Å²) in [5.41, 5.74) is 1.12. The largest absolute Gasteiger partial charge is 0.479 e. The fourth-order valence-corrected chi connectivity index (χ4v) is 2.47. The van der Waals surface area contributed by atoms with Crippen molar-refractivity contribution in [1.82, 2.24) is 19.5 Å². The van der Waals surface area contributed by atoms with Crippen LogP contribution in [0.1, 0.15) is 13.8 Å². The third-order valence-corrected chi connectivity index (χ3v) is 3.02. The van der Waals surface area contributed by atoms with E-state index in [2.05, 4.69) is 15.0 Å². The van der Waals surface area contributed by atoms with Gasteiger partial charge in [-0.2, -0.15) is 4.98 Å². The summed E-state index contributed by atoms with van der Waals surface area (Å²) in [6.07, 6.45) is 1.46. The molecule has 18 heavy (non-hydrogen) atoms. The zero-order valence-corrected chi connectivity index (χ0v) is 11.7. The second-order valence-electron chi connectivity index (χ2n) is 4.59. The molecule has 1 N–H and O–H groups in total. The molecule has 0 aliphatic heterocycles. The Balaban J connectivity index is 2.72. The first-order chi connectivity index (χ1) is 8.51. The smallest absolute Gasteiger partial charge is 0.242 e. The van der Waals surface area contributed by atoms with Crippen LogP contribution >= 0.6 is 12.2 Å². The van der Waals surface area contributed by atoms with Crippen LogP contribution in [0.5, 0.6) is 5.88 Å². The van der Waals surface area contributed by atoms with Gasteiger partial charge in [-0.3, -0.25) is 4.57 Å². The van der Waals surface area contributed by atoms with E-state index < -0.39 is 0 Å². The highest BCUT2D eigenvalue weighted by atomic mass is 32.1. The fourth-order valence-electron chi connectivity index (χ4n) is 2.03. The minimum Gasteiger partial charge on any atom is -0.479 e. The van der Waals surface area contributed by atoms with Gasteiger partial charge in [-0.15, -0.1) is 0 Å². The van der Waals surface area contributed by atoms with Crippen molar-refractivity contribution in [1.29, 1.82) is 0 Å². The monoisotopic (exact) mass is 268 g/mol. The molecule has 0 unspecified atom stereocenters. The van der Waals surface area contributed by atoms with Crippen molar-refractivity contribution in [2.45, 2.75) is 19.4 Å². The maximum Gasteiger partial charge on any atom is 0.242 e. The van der Waals surface area contributed by atoms with Crippen LogP contribution in [-0.4, -0.2) is 40.3 Å². The predicted molar refractivity (Wildman–Crippen MR) is 70.5 cm³/mol. The van der Waals surface area contributed by atoms with Gasteiger partial charge >= 0.3 is 0 Å². The van der Waals surface area contributed by atoms with Crippen molar-refractivity contribution in [3.63, 3.8) is 0 Å². The van der Waals surface area contributed by atoms with Gasteiger partial charge < -0.3 is 14.5 Å². The first-order valence-corrected chi connectivity index (χ1v) is 5.91. The Morgan fingerprint density at radius 3 is 2.72 bits per heavy atom. The van der Waals surface area contributed by atoms with E-state index in [-0.39, 0.29) is 5.54 Å². The molecule has 0 atom stereocenters. The topological polar surface area (TPSA) is 65.0 Å². The molecule has 6 nitrogen and oxygen atoms in total. The molecule has 2 rings (SSSR count). The maximum absolute atomic E-state index is 5.35. The lowest BCUT2D eigenvalue weighted by molar-refractivity contribution is 0.111. The molecule has 0 aromatic carbocycles. The van der Waals surface area contributed by atoms with Crippen LogP contribution in [-0.2, 0) is 10.3 Å². The SMILES string of the molecule is COCC(C)(C)n1c(=S)[nH]c2c(OC)ncnc21. The normalized spacial score (nSPS) is 12.0. The number of ether oxygens (including phenoxy) is 2. The van der Waals surface area contributed by atoms with E-state index in [9.17, 15) is 0 Å². The zero-order valence-electron chi connectivity index (χ0n) is 10.9. The van der Waals surface area contributed by atoms with E-state index in [0.717, 1.165) is 0 Å². The van der Waals surface area contributed by atoms with Gasteiger partial charge in [0.1, 0.15) is 11.8 Å². The van der Waals surface area contributed by atoms with Gasteiger partial charge in [0.25, 0.3) is 0 Å². The van der Waals surface area contributed by atoms with Crippen LogP contribution in [0, 0.1) is 4.77 Å². The molecule has 2 aromatic rings. The van der Waals surface area contributed by atoms with E-state index in [0.29, 0.717) is 28.4 Å². The summed E-state index contributed by atoms with van der Waals surface area (Å²) >= 11 is 5.35. The molecule has 0 spiro atoms. The first kappa shape index (κ1) is 13.0.